The van der Waals surface area contributed by atoms with Gasteiger partial charge in [-0.15, -0.1) is 0 Å². The third-order valence-electron chi connectivity index (χ3n) is 5.82. The standard InChI is InChI=1S/C24H23NO5/c1-27-23(26)20-6-5-17(16-7-9-24(10-8-16)28-11-12-29-24)14-22(20)30-19-13-18-3-2-4-21(18)25-15-19/h2-3,5-7,13-15H,4,8-12H2,1H3. The quantitative estimate of drug-likeness (QED) is 0.696. The van der Waals surface area contributed by atoms with E-state index in [9.17, 15) is 4.79 Å². The Kier molecular flexibility index (Phi) is 4.89. The van der Waals surface area contributed by atoms with Gasteiger partial charge in [-0.1, -0.05) is 24.3 Å². The number of benzene rings is 1. The van der Waals surface area contributed by atoms with Crippen molar-refractivity contribution >= 4 is 17.6 Å². The van der Waals surface area contributed by atoms with Crippen molar-refractivity contribution in [2.24, 2.45) is 0 Å². The van der Waals surface area contributed by atoms with E-state index in [1.807, 2.05) is 24.3 Å². The molecular weight excluding hydrogens is 382 g/mol. The molecule has 6 heteroatoms. The third-order valence-corrected chi connectivity index (χ3v) is 5.82. The van der Waals surface area contributed by atoms with E-state index >= 15 is 0 Å². The Morgan fingerprint density at radius 1 is 1.20 bits per heavy atom. The minimum Gasteiger partial charge on any atom is -0.465 e. The molecule has 0 bridgehead atoms. The molecule has 0 saturated carbocycles. The molecule has 30 heavy (non-hydrogen) atoms. The highest BCUT2D eigenvalue weighted by atomic mass is 16.7. The number of aromatic nitrogens is 1. The smallest absolute Gasteiger partial charge is 0.341 e. The molecule has 2 aromatic rings. The lowest BCUT2D eigenvalue weighted by Crippen LogP contribution is -2.31. The van der Waals surface area contributed by atoms with Crippen molar-refractivity contribution < 1.29 is 23.7 Å². The second-order valence-electron chi connectivity index (χ2n) is 7.66. The fourth-order valence-corrected chi connectivity index (χ4v) is 4.20. The van der Waals surface area contributed by atoms with Crippen LogP contribution in [-0.2, 0) is 20.6 Å². The van der Waals surface area contributed by atoms with Crippen molar-refractivity contribution in [2.45, 2.75) is 31.5 Å². The molecule has 0 amide bonds. The molecule has 0 atom stereocenters. The molecule has 1 spiro atoms. The van der Waals surface area contributed by atoms with Crippen LogP contribution in [0.25, 0.3) is 11.6 Å². The van der Waals surface area contributed by atoms with E-state index in [-0.39, 0.29) is 0 Å². The maximum atomic E-state index is 12.3. The maximum absolute atomic E-state index is 12.3. The average molecular weight is 405 g/mol. The van der Waals surface area contributed by atoms with Crippen LogP contribution in [0.4, 0.5) is 0 Å². The molecule has 2 aliphatic carbocycles. The second-order valence-corrected chi connectivity index (χ2v) is 7.66. The highest BCUT2D eigenvalue weighted by Gasteiger charge is 2.37. The van der Waals surface area contributed by atoms with Crippen LogP contribution in [0.1, 0.15) is 46.4 Å². The van der Waals surface area contributed by atoms with Crippen LogP contribution in [-0.4, -0.2) is 37.1 Å². The minimum absolute atomic E-state index is 0.382. The zero-order valence-electron chi connectivity index (χ0n) is 16.8. The molecular formula is C24H23NO5. The highest BCUT2D eigenvalue weighted by molar-refractivity contribution is 5.93. The molecule has 3 aliphatic rings. The van der Waals surface area contributed by atoms with Gasteiger partial charge in [0.05, 0.1) is 32.2 Å². The molecule has 2 heterocycles. The Balaban J connectivity index is 1.45. The van der Waals surface area contributed by atoms with E-state index in [1.54, 1.807) is 12.3 Å². The molecule has 6 nitrogen and oxygen atoms in total. The Hall–Kier alpha value is -2.96. The van der Waals surface area contributed by atoms with Gasteiger partial charge in [-0.2, -0.15) is 0 Å². The van der Waals surface area contributed by atoms with Gasteiger partial charge in [0.15, 0.2) is 5.79 Å². The molecule has 1 saturated heterocycles. The summed E-state index contributed by atoms with van der Waals surface area (Å²) in [5.74, 6) is 0.151. The van der Waals surface area contributed by atoms with E-state index in [2.05, 4.69) is 17.1 Å². The zero-order valence-corrected chi connectivity index (χ0v) is 16.8. The van der Waals surface area contributed by atoms with Gasteiger partial charge in [0, 0.05) is 19.3 Å². The van der Waals surface area contributed by atoms with Crippen molar-refractivity contribution in [2.75, 3.05) is 20.3 Å². The number of rotatable bonds is 4. The van der Waals surface area contributed by atoms with Crippen LogP contribution < -0.4 is 4.74 Å². The number of methoxy groups -OCH3 is 1. The van der Waals surface area contributed by atoms with Crippen molar-refractivity contribution in [1.82, 2.24) is 4.98 Å². The van der Waals surface area contributed by atoms with Gasteiger partial charge in [0.2, 0.25) is 0 Å². The normalized spacial score (nSPS) is 18.9. The third kappa shape index (κ3) is 3.53. The summed E-state index contributed by atoms with van der Waals surface area (Å²) in [5.41, 5.74) is 4.66. The number of carbonyl (C=O) groups is 1. The van der Waals surface area contributed by atoms with Gasteiger partial charge in [-0.25, -0.2) is 4.79 Å². The molecule has 1 aromatic carbocycles. The Bertz CT molecular complexity index is 1050. The Labute approximate surface area is 175 Å². The molecule has 0 unspecified atom stereocenters. The van der Waals surface area contributed by atoms with Crippen LogP contribution in [0.15, 0.2) is 42.6 Å². The van der Waals surface area contributed by atoms with E-state index in [1.165, 1.54) is 12.7 Å². The predicted molar refractivity (Wildman–Crippen MR) is 111 cm³/mol. The monoisotopic (exact) mass is 405 g/mol. The number of esters is 1. The zero-order chi connectivity index (χ0) is 20.6. The molecule has 1 aliphatic heterocycles. The van der Waals surface area contributed by atoms with E-state index in [4.69, 9.17) is 18.9 Å². The topological polar surface area (TPSA) is 66.9 Å². The first-order chi connectivity index (χ1) is 14.7. The molecule has 1 fully saturated rings. The van der Waals surface area contributed by atoms with Crippen LogP contribution in [0.2, 0.25) is 0 Å². The number of carbonyl (C=O) groups excluding carboxylic acids is 1. The number of hydrogen-bond donors (Lipinski definition) is 0. The molecule has 1 aromatic heterocycles. The summed E-state index contributed by atoms with van der Waals surface area (Å²) in [4.78, 5) is 16.8. The van der Waals surface area contributed by atoms with Gasteiger partial charge in [-0.3, -0.25) is 4.98 Å². The SMILES string of the molecule is COC(=O)c1ccc(C2=CCC3(CC2)OCCO3)cc1Oc1cnc2c(c1)C=CC2. The van der Waals surface area contributed by atoms with Crippen molar-refractivity contribution in [1.29, 1.82) is 0 Å². The van der Waals surface area contributed by atoms with E-state index in [0.717, 1.165) is 42.5 Å². The summed E-state index contributed by atoms with van der Waals surface area (Å²) in [6, 6.07) is 7.53. The summed E-state index contributed by atoms with van der Waals surface area (Å²) < 4.78 is 22.7. The number of pyridine rings is 1. The number of ether oxygens (including phenoxy) is 4. The van der Waals surface area contributed by atoms with Gasteiger partial charge in [-0.05, 0) is 41.3 Å². The summed E-state index contributed by atoms with van der Waals surface area (Å²) in [5, 5.41) is 0. The molecule has 154 valence electrons. The minimum atomic E-state index is -0.460. The number of allylic oxidation sites excluding steroid dienone is 2. The summed E-state index contributed by atoms with van der Waals surface area (Å²) >= 11 is 0. The lowest BCUT2D eigenvalue weighted by Gasteiger charge is -2.30. The van der Waals surface area contributed by atoms with E-state index in [0.29, 0.717) is 30.3 Å². The molecule has 0 N–H and O–H groups in total. The van der Waals surface area contributed by atoms with Crippen molar-refractivity contribution in [3.63, 3.8) is 0 Å². The predicted octanol–water partition coefficient (Wildman–Crippen LogP) is 4.54. The first-order valence-corrected chi connectivity index (χ1v) is 10.2. The lowest BCUT2D eigenvalue weighted by atomic mass is 9.89. The van der Waals surface area contributed by atoms with Gasteiger partial charge in [0.1, 0.15) is 17.1 Å². The first-order valence-electron chi connectivity index (χ1n) is 10.2. The van der Waals surface area contributed by atoms with Crippen LogP contribution in [0.5, 0.6) is 11.5 Å². The van der Waals surface area contributed by atoms with Gasteiger partial charge < -0.3 is 18.9 Å². The van der Waals surface area contributed by atoms with Crippen molar-refractivity contribution in [3.05, 3.63) is 65.0 Å². The van der Waals surface area contributed by atoms with Crippen LogP contribution in [0, 0.1) is 0 Å². The summed E-state index contributed by atoms with van der Waals surface area (Å²) in [6.45, 7) is 1.30. The molecule has 0 radical (unpaired) electrons. The fraction of sp³-hybridized carbons (Fsp3) is 0.333. The lowest BCUT2D eigenvalue weighted by molar-refractivity contribution is -0.159. The van der Waals surface area contributed by atoms with E-state index < -0.39 is 11.8 Å². The first kappa shape index (κ1) is 19.0. The highest BCUT2D eigenvalue weighted by Crippen LogP contribution is 2.39. The maximum Gasteiger partial charge on any atom is 0.341 e. The van der Waals surface area contributed by atoms with Crippen molar-refractivity contribution in [3.8, 4) is 11.5 Å². The number of fused-ring (bicyclic) bond motifs is 1. The average Bonchev–Trinajstić information content (AvgIpc) is 3.43. The Morgan fingerprint density at radius 2 is 2.07 bits per heavy atom. The largest absolute Gasteiger partial charge is 0.465 e. The number of nitrogens with zero attached hydrogens (tertiary/aromatic N) is 1. The molecule has 5 rings (SSSR count). The summed E-state index contributed by atoms with van der Waals surface area (Å²) in [7, 11) is 1.37. The van der Waals surface area contributed by atoms with Crippen LogP contribution >= 0.6 is 0 Å². The summed E-state index contributed by atoms with van der Waals surface area (Å²) in [6.07, 6.45) is 11.2. The Morgan fingerprint density at radius 3 is 2.83 bits per heavy atom. The number of hydrogen-bond acceptors (Lipinski definition) is 6. The van der Waals surface area contributed by atoms with Crippen LogP contribution in [0.3, 0.4) is 0 Å². The van der Waals surface area contributed by atoms with Gasteiger partial charge in [0.25, 0.3) is 0 Å². The van der Waals surface area contributed by atoms with Gasteiger partial charge >= 0.3 is 5.97 Å². The fourth-order valence-electron chi connectivity index (χ4n) is 4.20. The second kappa shape index (κ2) is 7.70.